The van der Waals surface area contributed by atoms with Crippen LogP contribution in [-0.4, -0.2) is 23.3 Å². The number of esters is 1. The molecule has 0 atom stereocenters. The molecule has 0 aliphatic carbocycles. The standard InChI is InChI=1S/C8H5BrN2O3S/c1-13-8(12)7-11-10-6(14-7)5-4(9)2-3-15-5/h2-3H,1H3. The summed E-state index contributed by atoms with van der Waals surface area (Å²) in [6.07, 6.45) is 0. The van der Waals surface area contributed by atoms with Crippen molar-refractivity contribution in [2.24, 2.45) is 0 Å². The Morgan fingerprint density at radius 1 is 1.60 bits per heavy atom. The number of nitrogens with zero attached hydrogens (tertiary/aromatic N) is 2. The largest absolute Gasteiger partial charge is 0.462 e. The van der Waals surface area contributed by atoms with Gasteiger partial charge in [0.1, 0.15) is 4.88 Å². The summed E-state index contributed by atoms with van der Waals surface area (Å²) in [6, 6.07) is 1.86. The van der Waals surface area contributed by atoms with Crippen molar-refractivity contribution in [1.29, 1.82) is 0 Å². The average Bonchev–Trinajstić information content (AvgIpc) is 2.84. The Morgan fingerprint density at radius 3 is 3.00 bits per heavy atom. The second kappa shape index (κ2) is 4.11. The van der Waals surface area contributed by atoms with Crippen molar-refractivity contribution in [2.45, 2.75) is 0 Å². The van der Waals surface area contributed by atoms with Gasteiger partial charge in [-0.05, 0) is 27.4 Å². The van der Waals surface area contributed by atoms with Gasteiger partial charge in [-0.15, -0.1) is 21.5 Å². The van der Waals surface area contributed by atoms with Crippen LogP contribution in [0.1, 0.15) is 10.7 Å². The van der Waals surface area contributed by atoms with Crippen molar-refractivity contribution in [2.75, 3.05) is 7.11 Å². The molecule has 78 valence electrons. The summed E-state index contributed by atoms with van der Waals surface area (Å²) in [5.41, 5.74) is 0. The predicted octanol–water partition coefficient (Wildman–Crippen LogP) is 2.35. The maximum absolute atomic E-state index is 11.1. The van der Waals surface area contributed by atoms with Crippen molar-refractivity contribution in [3.8, 4) is 10.8 Å². The van der Waals surface area contributed by atoms with Gasteiger partial charge >= 0.3 is 11.9 Å². The molecule has 0 radical (unpaired) electrons. The molecule has 2 rings (SSSR count). The third-order valence-electron chi connectivity index (χ3n) is 1.60. The van der Waals surface area contributed by atoms with Crippen LogP contribution in [0.3, 0.4) is 0 Å². The minimum absolute atomic E-state index is 0.146. The van der Waals surface area contributed by atoms with Gasteiger partial charge in [-0.3, -0.25) is 0 Å². The lowest BCUT2D eigenvalue weighted by atomic mass is 10.5. The zero-order valence-corrected chi connectivity index (χ0v) is 9.96. The molecule has 2 aromatic rings. The molecule has 0 N–H and O–H groups in total. The maximum atomic E-state index is 11.1. The van der Waals surface area contributed by atoms with Gasteiger partial charge in [0.15, 0.2) is 0 Å². The van der Waals surface area contributed by atoms with Gasteiger partial charge in [0.25, 0.3) is 5.89 Å². The normalized spacial score (nSPS) is 10.3. The summed E-state index contributed by atoms with van der Waals surface area (Å²) in [5.74, 6) is -0.480. The van der Waals surface area contributed by atoms with Gasteiger partial charge in [-0.1, -0.05) is 0 Å². The zero-order valence-electron chi connectivity index (χ0n) is 7.56. The number of rotatable bonds is 2. The van der Waals surface area contributed by atoms with Crippen LogP contribution < -0.4 is 0 Å². The van der Waals surface area contributed by atoms with Gasteiger partial charge in [-0.2, -0.15) is 0 Å². The number of carbonyl (C=O) groups is 1. The molecule has 7 heteroatoms. The van der Waals surface area contributed by atoms with Crippen molar-refractivity contribution in [3.05, 3.63) is 21.8 Å². The van der Waals surface area contributed by atoms with E-state index in [-0.39, 0.29) is 5.89 Å². The fourth-order valence-corrected chi connectivity index (χ4v) is 2.39. The van der Waals surface area contributed by atoms with Gasteiger partial charge in [0, 0.05) is 4.47 Å². The lowest BCUT2D eigenvalue weighted by molar-refractivity contribution is 0.0557. The first-order valence-electron chi connectivity index (χ1n) is 3.87. The number of hydrogen-bond donors (Lipinski definition) is 0. The van der Waals surface area contributed by atoms with E-state index in [1.165, 1.54) is 18.4 Å². The summed E-state index contributed by atoms with van der Waals surface area (Å²) in [4.78, 5) is 11.8. The summed E-state index contributed by atoms with van der Waals surface area (Å²) >= 11 is 4.77. The number of methoxy groups -OCH3 is 1. The molecule has 0 unspecified atom stereocenters. The fourth-order valence-electron chi connectivity index (χ4n) is 0.931. The van der Waals surface area contributed by atoms with Crippen molar-refractivity contribution >= 4 is 33.2 Å². The molecule has 0 aliphatic rings. The van der Waals surface area contributed by atoms with Crippen LogP contribution in [0.4, 0.5) is 0 Å². The molecule has 2 aromatic heterocycles. The smallest absolute Gasteiger partial charge is 0.396 e. The minimum atomic E-state index is -0.638. The number of carbonyl (C=O) groups excluding carboxylic acids is 1. The Labute approximate surface area is 97.2 Å². The molecule has 2 heterocycles. The summed E-state index contributed by atoms with van der Waals surface area (Å²) in [6.45, 7) is 0. The Bertz CT molecular complexity index is 494. The molecule has 0 aromatic carbocycles. The van der Waals surface area contributed by atoms with Gasteiger partial charge in [0.05, 0.1) is 7.11 Å². The topological polar surface area (TPSA) is 65.2 Å². The number of ether oxygens (including phenoxy) is 1. The van der Waals surface area contributed by atoms with Crippen LogP contribution >= 0.6 is 27.3 Å². The van der Waals surface area contributed by atoms with E-state index in [0.717, 1.165) is 9.35 Å². The van der Waals surface area contributed by atoms with Gasteiger partial charge in [-0.25, -0.2) is 4.79 Å². The molecular formula is C8H5BrN2O3S. The van der Waals surface area contributed by atoms with E-state index in [9.17, 15) is 4.79 Å². The van der Waals surface area contributed by atoms with Crippen LogP contribution in [0.5, 0.6) is 0 Å². The molecule has 0 amide bonds. The Morgan fingerprint density at radius 2 is 2.40 bits per heavy atom. The van der Waals surface area contributed by atoms with Crippen LogP contribution in [0, 0.1) is 0 Å². The monoisotopic (exact) mass is 288 g/mol. The van der Waals surface area contributed by atoms with E-state index in [1.54, 1.807) is 0 Å². The molecule has 0 spiro atoms. The number of hydrogen-bond acceptors (Lipinski definition) is 6. The van der Waals surface area contributed by atoms with Crippen LogP contribution in [0.25, 0.3) is 10.8 Å². The van der Waals surface area contributed by atoms with E-state index in [2.05, 4.69) is 30.9 Å². The van der Waals surface area contributed by atoms with Crippen molar-refractivity contribution in [1.82, 2.24) is 10.2 Å². The highest BCUT2D eigenvalue weighted by Gasteiger charge is 2.18. The SMILES string of the molecule is COC(=O)c1nnc(-c2sccc2Br)o1. The third kappa shape index (κ3) is 1.93. The van der Waals surface area contributed by atoms with E-state index in [0.29, 0.717) is 5.89 Å². The number of thiophene rings is 1. The Balaban J connectivity index is 2.36. The Hall–Kier alpha value is -1.21. The number of halogens is 1. The van der Waals surface area contributed by atoms with Crippen molar-refractivity contribution in [3.63, 3.8) is 0 Å². The third-order valence-corrected chi connectivity index (χ3v) is 3.42. The Kier molecular flexibility index (Phi) is 2.83. The lowest BCUT2D eigenvalue weighted by Crippen LogP contribution is -2.00. The molecule has 15 heavy (non-hydrogen) atoms. The van der Waals surface area contributed by atoms with Gasteiger partial charge < -0.3 is 9.15 Å². The summed E-state index contributed by atoms with van der Waals surface area (Å²) in [5, 5.41) is 9.21. The summed E-state index contributed by atoms with van der Waals surface area (Å²) in [7, 11) is 1.26. The molecule has 5 nitrogen and oxygen atoms in total. The lowest BCUT2D eigenvalue weighted by Gasteiger charge is -1.90. The van der Waals surface area contributed by atoms with E-state index in [1.807, 2.05) is 11.4 Å². The van der Waals surface area contributed by atoms with E-state index in [4.69, 9.17) is 4.42 Å². The van der Waals surface area contributed by atoms with Gasteiger partial charge in [0.2, 0.25) is 0 Å². The number of aromatic nitrogens is 2. The second-order valence-corrected chi connectivity index (χ2v) is 4.27. The highest BCUT2D eigenvalue weighted by atomic mass is 79.9. The highest BCUT2D eigenvalue weighted by molar-refractivity contribution is 9.10. The molecule has 0 fully saturated rings. The fraction of sp³-hybridized carbons (Fsp3) is 0.125. The first kappa shape index (κ1) is 10.3. The minimum Gasteiger partial charge on any atom is -0.462 e. The van der Waals surface area contributed by atoms with Crippen LogP contribution in [-0.2, 0) is 4.74 Å². The average molecular weight is 289 g/mol. The highest BCUT2D eigenvalue weighted by Crippen LogP contribution is 2.32. The first-order valence-corrected chi connectivity index (χ1v) is 5.55. The van der Waals surface area contributed by atoms with Crippen LogP contribution in [0.2, 0.25) is 0 Å². The molecule has 0 aliphatic heterocycles. The zero-order chi connectivity index (χ0) is 10.8. The molecule has 0 saturated carbocycles. The van der Waals surface area contributed by atoms with E-state index < -0.39 is 5.97 Å². The second-order valence-electron chi connectivity index (χ2n) is 2.50. The first-order chi connectivity index (χ1) is 7.22. The molecule has 0 saturated heterocycles. The molecule has 0 bridgehead atoms. The maximum Gasteiger partial charge on any atom is 0.396 e. The van der Waals surface area contributed by atoms with Crippen LogP contribution in [0.15, 0.2) is 20.3 Å². The van der Waals surface area contributed by atoms with E-state index >= 15 is 0 Å². The predicted molar refractivity (Wildman–Crippen MR) is 56.7 cm³/mol. The molecular weight excluding hydrogens is 284 g/mol. The van der Waals surface area contributed by atoms with Crippen molar-refractivity contribution < 1.29 is 13.9 Å². The quantitative estimate of drug-likeness (QED) is 0.794. The summed E-state index contributed by atoms with van der Waals surface area (Å²) < 4.78 is 10.5.